The molecule has 13 rings (SSSR count). The highest BCUT2D eigenvalue weighted by molar-refractivity contribution is 6.01. The second kappa shape index (κ2) is 25.0. The summed E-state index contributed by atoms with van der Waals surface area (Å²) in [4.78, 5) is 99.5. The Morgan fingerprint density at radius 1 is 0.558 bits per heavy atom. The van der Waals surface area contributed by atoms with E-state index in [2.05, 4.69) is 68.2 Å². The molecular formula is C62H82F2N10O12. The zero-order valence-electron chi connectivity index (χ0n) is 49.4. The third-order valence-corrected chi connectivity index (χ3v) is 21.8. The number of amides is 4. The summed E-state index contributed by atoms with van der Waals surface area (Å²) in [5, 5.41) is 23.4. The molecule has 4 aromatic heterocycles. The molecule has 0 saturated heterocycles. The number of likely N-dealkylation sites (N-methyl/N-ethyl adjacent to an activating group) is 2. The van der Waals surface area contributed by atoms with Crippen molar-refractivity contribution in [1.29, 1.82) is 0 Å². The number of benzene rings is 1. The van der Waals surface area contributed by atoms with Crippen molar-refractivity contribution in [2.75, 3.05) is 14.1 Å². The maximum Gasteiger partial charge on any atom is 0.336 e. The van der Waals surface area contributed by atoms with Gasteiger partial charge in [0.25, 0.3) is 11.8 Å². The van der Waals surface area contributed by atoms with E-state index in [1.165, 1.54) is 24.3 Å². The van der Waals surface area contributed by atoms with Gasteiger partial charge in [-0.25, -0.2) is 38.3 Å². The predicted molar refractivity (Wildman–Crippen MR) is 314 cm³/mol. The molecule has 466 valence electrons. The largest absolute Gasteiger partial charge is 0.478 e. The van der Waals surface area contributed by atoms with Gasteiger partial charge in [-0.1, -0.05) is 39.8 Å². The van der Waals surface area contributed by atoms with E-state index in [1.807, 2.05) is 24.3 Å². The van der Waals surface area contributed by atoms with Crippen molar-refractivity contribution in [3.8, 4) is 0 Å². The fourth-order valence-electron chi connectivity index (χ4n) is 17.9. The first-order valence-electron chi connectivity index (χ1n) is 29.1. The molecule has 86 heavy (non-hydrogen) atoms. The van der Waals surface area contributed by atoms with Crippen LogP contribution in [0.25, 0.3) is 22.3 Å². The summed E-state index contributed by atoms with van der Waals surface area (Å²) in [7, 11) is 3.50. The monoisotopic (exact) mass is 1200 g/mol. The Hall–Kier alpha value is -7.54. The summed E-state index contributed by atoms with van der Waals surface area (Å²) in [5.41, 5.74) is 1.89. The number of halogens is 2. The first kappa shape index (κ1) is 66.0. The SMILES string of the molecule is CN1C(=O)C(F)=C[C@]2(C)[C@H]3CC[C@]4(C)[C@@H](C(=O)NCc5nc6ncccc6[nH]5)CC[C@H]4[C@@H]3CC[C@@H]12.CN1C(=O)C(F)=C[C@]2(C)[C@H]3CC[C@]4(C)[C@@H](C(=O)NCc5nc6ncccc6[nH]5)CC[C@H]4[C@@H]3CC[C@@H]12.O.O.O.O.O=C(O)c1ccccc1C(=O)O. The molecule has 4 amide bonds. The Bertz CT molecular complexity index is 3160. The molecule has 14 atom stereocenters. The Balaban J connectivity index is 0.000000199. The number of carboxylic acid groups (broad SMARTS) is 2. The Labute approximate surface area is 496 Å². The van der Waals surface area contributed by atoms with Gasteiger partial charge in [0.15, 0.2) is 22.9 Å². The molecule has 8 aliphatic rings. The van der Waals surface area contributed by atoms with E-state index in [4.69, 9.17) is 10.2 Å². The van der Waals surface area contributed by atoms with Crippen molar-refractivity contribution in [2.45, 2.75) is 130 Å². The number of nitrogens with zero attached hydrogens (tertiary/aromatic N) is 6. The van der Waals surface area contributed by atoms with Crippen LogP contribution >= 0.6 is 0 Å². The summed E-state index contributed by atoms with van der Waals surface area (Å²) in [6, 6.07) is 13.2. The van der Waals surface area contributed by atoms with Gasteiger partial charge >= 0.3 is 11.9 Å². The van der Waals surface area contributed by atoms with Gasteiger partial charge in [0, 0.05) is 61.2 Å². The number of aromatic amines is 2. The van der Waals surface area contributed by atoms with Crippen molar-refractivity contribution in [1.82, 2.24) is 50.3 Å². The summed E-state index contributed by atoms with van der Waals surface area (Å²) in [6.45, 7) is 9.64. The standard InChI is InChI=1S/2C27H34FN5O2.C8H6O4.4H2O/c2*1-26-11-10-17-15(6-9-21-27(17,2)13-19(28)25(35)33(21)3)16(26)7-8-18(26)24(34)30-14-22-31-20-5-4-12-29-23(20)32-22;9-7(10)5-3-1-2-4-6(5)8(11)12;;;;/h2*4-5,12-13,15-18,21H,6-11,14H2,1-3H3,(H,30,34)(H,29,31,32);1-4H,(H,9,10)(H,11,12);4*1H2/t2*15-,16-,17-,18+,21+,26-,27+;;;;;/m00...../s1. The van der Waals surface area contributed by atoms with E-state index in [0.29, 0.717) is 71.5 Å². The van der Waals surface area contributed by atoms with Gasteiger partial charge in [-0.3, -0.25) is 19.2 Å². The quantitative estimate of drug-likeness (QED) is 0.104. The third-order valence-electron chi connectivity index (χ3n) is 21.8. The second-order valence-electron chi connectivity index (χ2n) is 25.5. The second-order valence-corrected chi connectivity index (χ2v) is 25.5. The van der Waals surface area contributed by atoms with Crippen LogP contribution < -0.4 is 10.6 Å². The lowest BCUT2D eigenvalue weighted by molar-refractivity contribution is -0.145. The Kier molecular flexibility index (Phi) is 19.2. The number of fused-ring (bicyclic) bond motifs is 12. The van der Waals surface area contributed by atoms with E-state index >= 15 is 0 Å². The van der Waals surface area contributed by atoms with Crippen LogP contribution in [-0.2, 0) is 32.3 Å². The zero-order valence-corrected chi connectivity index (χ0v) is 49.4. The van der Waals surface area contributed by atoms with E-state index in [1.54, 1.807) is 48.4 Å². The van der Waals surface area contributed by atoms with Gasteiger partial charge in [-0.2, -0.15) is 0 Å². The molecule has 0 bridgehead atoms. The fourth-order valence-corrected chi connectivity index (χ4v) is 17.9. The zero-order chi connectivity index (χ0) is 58.2. The summed E-state index contributed by atoms with van der Waals surface area (Å²) in [6.07, 6.45) is 18.3. The van der Waals surface area contributed by atoms with Crippen LogP contribution in [0.1, 0.15) is 137 Å². The van der Waals surface area contributed by atoms with Crippen LogP contribution in [0.15, 0.2) is 84.7 Å². The van der Waals surface area contributed by atoms with Gasteiger partial charge < -0.3 is 62.5 Å². The number of pyridine rings is 2. The minimum atomic E-state index is -1.23. The molecule has 0 radical (unpaired) electrons. The van der Waals surface area contributed by atoms with Crippen LogP contribution in [0, 0.1) is 69.0 Å². The highest BCUT2D eigenvalue weighted by atomic mass is 19.1. The predicted octanol–water partition coefficient (Wildman–Crippen LogP) is 6.04. The van der Waals surface area contributed by atoms with Crippen LogP contribution in [0.3, 0.4) is 0 Å². The number of aromatic nitrogens is 6. The topological polar surface area (TPSA) is 383 Å². The van der Waals surface area contributed by atoms with Gasteiger partial charge in [0.05, 0.1) is 35.2 Å². The molecule has 1 aromatic carbocycles. The first-order chi connectivity index (χ1) is 39.1. The molecule has 14 N–H and O–H groups in total. The average molecular weight is 1200 g/mol. The number of rotatable bonds is 8. The molecule has 24 heteroatoms. The normalized spacial score (nSPS) is 32.7. The fraction of sp³-hybridized carbons (Fsp3) is 0.548. The first-order valence-corrected chi connectivity index (χ1v) is 29.1. The third kappa shape index (κ3) is 11.2. The maximum absolute atomic E-state index is 14.6. The van der Waals surface area contributed by atoms with Crippen molar-refractivity contribution < 1.29 is 69.7 Å². The van der Waals surface area contributed by atoms with E-state index in [0.717, 1.165) is 88.1 Å². The molecule has 6 fully saturated rings. The Morgan fingerprint density at radius 3 is 1.30 bits per heavy atom. The van der Waals surface area contributed by atoms with Crippen molar-refractivity contribution in [3.05, 3.63) is 108 Å². The molecule has 0 spiro atoms. The summed E-state index contributed by atoms with van der Waals surface area (Å²) in [5.74, 6) is -0.549. The van der Waals surface area contributed by atoms with Crippen LogP contribution in [0.2, 0.25) is 0 Å². The molecule has 2 aliphatic heterocycles. The van der Waals surface area contributed by atoms with E-state index in [-0.39, 0.29) is 90.4 Å². The molecule has 6 aliphatic carbocycles. The van der Waals surface area contributed by atoms with Crippen LogP contribution in [-0.4, -0.2) is 134 Å². The number of hydrogen-bond acceptors (Lipinski definition) is 10. The van der Waals surface area contributed by atoms with Crippen LogP contribution in [0.4, 0.5) is 8.78 Å². The lowest BCUT2D eigenvalue weighted by Crippen LogP contribution is -2.60. The van der Waals surface area contributed by atoms with Gasteiger partial charge in [0.2, 0.25) is 11.8 Å². The molecular weight excluding hydrogens is 1110 g/mol. The molecule has 6 heterocycles. The van der Waals surface area contributed by atoms with Gasteiger partial charge in [-0.05, 0) is 172 Å². The molecule has 0 unspecified atom stereocenters. The number of nitrogens with one attached hydrogen (secondary N) is 4. The number of hydrogen-bond donors (Lipinski definition) is 6. The highest BCUT2D eigenvalue weighted by Crippen LogP contribution is 2.67. The van der Waals surface area contributed by atoms with Gasteiger partial charge in [-0.15, -0.1) is 0 Å². The van der Waals surface area contributed by atoms with Crippen molar-refractivity contribution in [2.24, 2.45) is 69.0 Å². The summed E-state index contributed by atoms with van der Waals surface area (Å²) >= 11 is 0. The number of H-pyrrole nitrogens is 2. The number of carboxylic acids is 2. The number of carbonyl (C=O) groups is 6. The van der Waals surface area contributed by atoms with Crippen molar-refractivity contribution >= 4 is 57.9 Å². The van der Waals surface area contributed by atoms with E-state index < -0.39 is 35.4 Å². The molecule has 22 nitrogen and oxygen atoms in total. The molecule has 6 saturated carbocycles. The van der Waals surface area contributed by atoms with E-state index in [9.17, 15) is 37.5 Å². The smallest absolute Gasteiger partial charge is 0.336 e. The summed E-state index contributed by atoms with van der Waals surface area (Å²) < 4.78 is 29.2. The lowest BCUT2D eigenvalue weighted by Gasteiger charge is -2.60. The Morgan fingerprint density at radius 2 is 0.942 bits per heavy atom. The van der Waals surface area contributed by atoms with Gasteiger partial charge in [0.1, 0.15) is 11.6 Å². The minimum Gasteiger partial charge on any atom is -0.478 e. The number of carbonyl (C=O) groups excluding carboxylic acids is 4. The van der Waals surface area contributed by atoms with Crippen molar-refractivity contribution in [3.63, 3.8) is 0 Å². The number of imidazole rings is 2. The highest BCUT2D eigenvalue weighted by Gasteiger charge is 2.64. The maximum atomic E-state index is 14.6. The molecule has 5 aromatic rings. The lowest BCUT2D eigenvalue weighted by atomic mass is 9.47. The van der Waals surface area contributed by atoms with Crippen LogP contribution in [0.5, 0.6) is 0 Å². The number of aromatic carboxylic acids is 2. The minimum absolute atomic E-state index is 0. The average Bonchev–Trinajstić information content (AvgIpc) is 1.26.